The maximum absolute atomic E-state index is 14.0. The monoisotopic (exact) mass is 316 g/mol. The second kappa shape index (κ2) is 5.31. The second-order valence-corrected chi connectivity index (χ2v) is 5.44. The third kappa shape index (κ3) is 2.70. The van der Waals surface area contributed by atoms with E-state index in [-0.39, 0.29) is 23.4 Å². The zero-order valence-electron chi connectivity index (χ0n) is 12.4. The minimum absolute atomic E-state index is 0.0874. The van der Waals surface area contributed by atoms with E-state index in [9.17, 15) is 14.6 Å². The van der Waals surface area contributed by atoms with E-state index in [1.54, 1.807) is 32.0 Å². The van der Waals surface area contributed by atoms with E-state index < -0.39 is 17.2 Å². The molecule has 0 fully saturated rings. The predicted octanol–water partition coefficient (Wildman–Crippen LogP) is 2.40. The minimum Gasteiger partial charge on any atom is -0.493 e. The first kappa shape index (κ1) is 14.9. The fraction of sp³-hybridized carbons (Fsp3) is 0.200. The van der Waals surface area contributed by atoms with E-state index in [1.165, 1.54) is 6.07 Å². The second-order valence-electron chi connectivity index (χ2n) is 5.44. The molecule has 0 aliphatic rings. The lowest BCUT2D eigenvalue weighted by atomic mass is 9.83. The molecular formula is C15H13FN4O3. The molecule has 2 heterocycles. The molecule has 118 valence electrons. The Hall–Kier alpha value is -3.03. The van der Waals surface area contributed by atoms with E-state index in [0.29, 0.717) is 5.56 Å². The Morgan fingerprint density at radius 3 is 2.35 bits per heavy atom. The van der Waals surface area contributed by atoms with E-state index in [1.807, 2.05) is 0 Å². The van der Waals surface area contributed by atoms with E-state index in [0.717, 1.165) is 6.07 Å². The highest BCUT2D eigenvalue weighted by Gasteiger charge is 2.32. The molecule has 0 saturated carbocycles. The Kier molecular flexibility index (Phi) is 3.44. The van der Waals surface area contributed by atoms with Gasteiger partial charge in [0.05, 0.1) is 11.5 Å². The molecule has 0 saturated heterocycles. The van der Waals surface area contributed by atoms with Crippen molar-refractivity contribution in [1.29, 1.82) is 0 Å². The van der Waals surface area contributed by atoms with Crippen molar-refractivity contribution >= 4 is 0 Å². The van der Waals surface area contributed by atoms with Gasteiger partial charge in [-0.1, -0.05) is 23.4 Å². The van der Waals surface area contributed by atoms with Crippen LogP contribution < -0.4 is 0 Å². The summed E-state index contributed by atoms with van der Waals surface area (Å²) in [6.45, 7) is 3.50. The number of halogens is 1. The van der Waals surface area contributed by atoms with Gasteiger partial charge in [-0.15, -0.1) is 0 Å². The fourth-order valence-corrected chi connectivity index (χ4v) is 2.17. The van der Waals surface area contributed by atoms with Crippen molar-refractivity contribution in [3.63, 3.8) is 0 Å². The molecule has 3 aromatic rings. The summed E-state index contributed by atoms with van der Waals surface area (Å²) in [5.41, 5.74) is -0.446. The average molecular weight is 316 g/mol. The van der Waals surface area contributed by atoms with Crippen molar-refractivity contribution in [3.8, 4) is 23.5 Å². The number of rotatable bonds is 3. The Morgan fingerprint density at radius 1 is 1.04 bits per heavy atom. The Balaban J connectivity index is 2.03. The van der Waals surface area contributed by atoms with Crippen LogP contribution in [0.2, 0.25) is 0 Å². The van der Waals surface area contributed by atoms with Crippen molar-refractivity contribution < 1.29 is 19.1 Å². The average Bonchev–Trinajstić information content (AvgIpc) is 2.97. The van der Waals surface area contributed by atoms with Gasteiger partial charge in [0.2, 0.25) is 17.6 Å². The third-order valence-corrected chi connectivity index (χ3v) is 3.42. The highest BCUT2D eigenvalue weighted by atomic mass is 19.1. The van der Waals surface area contributed by atoms with E-state index >= 15 is 0 Å². The SMILES string of the molecule is CC(C)(c1noc(-c2nc(O)cc(O)n2)n1)c1ccccc1F. The first-order valence-corrected chi connectivity index (χ1v) is 6.74. The molecule has 1 aromatic carbocycles. The maximum Gasteiger partial charge on any atom is 0.296 e. The van der Waals surface area contributed by atoms with Gasteiger partial charge in [0.25, 0.3) is 5.89 Å². The zero-order chi connectivity index (χ0) is 16.6. The number of aromatic hydroxyl groups is 2. The number of nitrogens with zero attached hydrogens (tertiary/aromatic N) is 4. The summed E-state index contributed by atoms with van der Waals surface area (Å²) < 4.78 is 19.1. The molecule has 0 spiro atoms. The number of hydrogen-bond donors (Lipinski definition) is 2. The molecule has 2 aromatic heterocycles. The van der Waals surface area contributed by atoms with Gasteiger partial charge in [-0.05, 0) is 19.9 Å². The van der Waals surface area contributed by atoms with Gasteiger partial charge in [0.1, 0.15) is 5.82 Å². The Bertz CT molecular complexity index is 843. The van der Waals surface area contributed by atoms with Gasteiger partial charge < -0.3 is 14.7 Å². The summed E-state index contributed by atoms with van der Waals surface area (Å²) in [6, 6.07) is 7.29. The molecule has 0 amide bonds. The normalized spacial score (nSPS) is 11.6. The molecule has 0 aliphatic carbocycles. The molecule has 0 radical (unpaired) electrons. The molecule has 8 heteroatoms. The van der Waals surface area contributed by atoms with Crippen LogP contribution in [-0.2, 0) is 5.41 Å². The smallest absolute Gasteiger partial charge is 0.296 e. The third-order valence-electron chi connectivity index (χ3n) is 3.42. The summed E-state index contributed by atoms with van der Waals surface area (Å²) in [7, 11) is 0. The van der Waals surface area contributed by atoms with Crippen LogP contribution in [0.1, 0.15) is 25.2 Å². The molecule has 0 atom stereocenters. The lowest BCUT2D eigenvalue weighted by Gasteiger charge is -2.21. The van der Waals surface area contributed by atoms with Crippen molar-refractivity contribution in [2.24, 2.45) is 0 Å². The van der Waals surface area contributed by atoms with Crippen LogP contribution in [0.3, 0.4) is 0 Å². The zero-order valence-corrected chi connectivity index (χ0v) is 12.4. The highest BCUT2D eigenvalue weighted by Crippen LogP contribution is 2.32. The Labute approximate surface area is 130 Å². The van der Waals surface area contributed by atoms with E-state index in [2.05, 4.69) is 20.1 Å². The fourth-order valence-electron chi connectivity index (χ4n) is 2.17. The van der Waals surface area contributed by atoms with Gasteiger partial charge in [-0.3, -0.25) is 0 Å². The van der Waals surface area contributed by atoms with Crippen LogP contribution in [0.25, 0.3) is 11.7 Å². The van der Waals surface area contributed by atoms with Crippen LogP contribution >= 0.6 is 0 Å². The standard InChI is InChI=1S/C15H13FN4O3/c1-15(2,8-5-3-4-6-9(8)16)14-19-13(23-20-14)12-17-10(21)7-11(22)18-12/h3-7H,1-2H3,(H2,17,18,21,22). The van der Waals surface area contributed by atoms with Crippen molar-refractivity contribution in [3.05, 3.63) is 47.5 Å². The summed E-state index contributed by atoms with van der Waals surface area (Å²) in [5.74, 6) is -1.22. The van der Waals surface area contributed by atoms with Gasteiger partial charge in [0.15, 0.2) is 5.82 Å². The lowest BCUT2D eigenvalue weighted by Crippen LogP contribution is -2.22. The molecule has 2 N–H and O–H groups in total. The molecule has 0 aliphatic heterocycles. The molecular weight excluding hydrogens is 303 g/mol. The van der Waals surface area contributed by atoms with Crippen LogP contribution in [-0.4, -0.2) is 30.3 Å². The van der Waals surface area contributed by atoms with Gasteiger partial charge in [-0.2, -0.15) is 15.0 Å². The topological polar surface area (TPSA) is 105 Å². The maximum atomic E-state index is 14.0. The van der Waals surface area contributed by atoms with Crippen LogP contribution in [0, 0.1) is 5.82 Å². The first-order chi connectivity index (χ1) is 10.9. The quantitative estimate of drug-likeness (QED) is 0.764. The largest absolute Gasteiger partial charge is 0.493 e. The minimum atomic E-state index is -0.855. The molecule has 7 nitrogen and oxygen atoms in total. The van der Waals surface area contributed by atoms with Crippen LogP contribution in [0.4, 0.5) is 4.39 Å². The highest BCUT2D eigenvalue weighted by molar-refractivity contribution is 5.44. The van der Waals surface area contributed by atoms with Crippen LogP contribution in [0.15, 0.2) is 34.9 Å². The van der Waals surface area contributed by atoms with Crippen molar-refractivity contribution in [2.45, 2.75) is 19.3 Å². The molecule has 0 unspecified atom stereocenters. The van der Waals surface area contributed by atoms with Crippen LogP contribution in [0.5, 0.6) is 11.8 Å². The number of hydrogen-bond acceptors (Lipinski definition) is 7. The lowest BCUT2D eigenvalue weighted by molar-refractivity contribution is 0.396. The first-order valence-electron chi connectivity index (χ1n) is 6.74. The summed E-state index contributed by atoms with van der Waals surface area (Å²) >= 11 is 0. The summed E-state index contributed by atoms with van der Waals surface area (Å²) in [4.78, 5) is 11.6. The Morgan fingerprint density at radius 2 is 1.70 bits per heavy atom. The number of aromatic nitrogens is 4. The van der Waals surface area contributed by atoms with Gasteiger partial charge in [-0.25, -0.2) is 4.39 Å². The van der Waals surface area contributed by atoms with Crippen molar-refractivity contribution in [2.75, 3.05) is 0 Å². The van der Waals surface area contributed by atoms with E-state index in [4.69, 9.17) is 4.52 Å². The number of benzene rings is 1. The predicted molar refractivity (Wildman–Crippen MR) is 77.2 cm³/mol. The molecule has 23 heavy (non-hydrogen) atoms. The van der Waals surface area contributed by atoms with Crippen molar-refractivity contribution in [1.82, 2.24) is 20.1 Å². The summed E-state index contributed by atoms with van der Waals surface area (Å²) in [6.07, 6.45) is 0. The summed E-state index contributed by atoms with van der Waals surface area (Å²) in [5, 5.41) is 22.6. The van der Waals surface area contributed by atoms with Gasteiger partial charge in [0, 0.05) is 5.56 Å². The molecule has 3 rings (SSSR count). The molecule has 0 bridgehead atoms. The van der Waals surface area contributed by atoms with Gasteiger partial charge >= 0.3 is 0 Å².